The number of nitrogens with one attached hydrogen (secondary N) is 1. The van der Waals surface area contributed by atoms with Gasteiger partial charge in [0.25, 0.3) is 0 Å². The average Bonchev–Trinajstić information content (AvgIpc) is 2.96. The molecule has 0 radical (unpaired) electrons. The van der Waals surface area contributed by atoms with Crippen molar-refractivity contribution in [1.82, 2.24) is 15.5 Å². The highest BCUT2D eigenvalue weighted by Crippen LogP contribution is 2.22. The van der Waals surface area contributed by atoms with Gasteiger partial charge in [-0.15, -0.1) is 10.2 Å². The van der Waals surface area contributed by atoms with E-state index in [0.717, 1.165) is 42.2 Å². The highest BCUT2D eigenvalue weighted by atomic mass is 32.1. The van der Waals surface area contributed by atoms with E-state index in [1.54, 1.807) is 11.3 Å². The third-order valence-electron chi connectivity index (χ3n) is 3.58. The van der Waals surface area contributed by atoms with Gasteiger partial charge < -0.3 is 5.32 Å². The van der Waals surface area contributed by atoms with Gasteiger partial charge in [0, 0.05) is 6.42 Å². The van der Waals surface area contributed by atoms with Gasteiger partial charge in [-0.1, -0.05) is 55.0 Å². The summed E-state index contributed by atoms with van der Waals surface area (Å²) in [5, 5.41) is 14.5. The molecule has 0 amide bonds. The number of rotatable bonds is 8. The highest BCUT2D eigenvalue weighted by Gasteiger charge is 2.14. The van der Waals surface area contributed by atoms with Crippen LogP contribution < -0.4 is 5.32 Å². The van der Waals surface area contributed by atoms with E-state index < -0.39 is 0 Å². The zero-order chi connectivity index (χ0) is 15.1. The molecular formula is C17H25N3S. The molecule has 0 saturated carbocycles. The molecule has 2 aromatic rings. The average molecular weight is 303 g/mol. The SMILES string of the molecule is CCCNC(CC)c1nnc(CCc2ccc(C)cc2)s1. The molecule has 0 aliphatic heterocycles. The Kier molecular flexibility index (Phi) is 6.33. The van der Waals surface area contributed by atoms with Gasteiger partial charge in [0.05, 0.1) is 6.04 Å². The molecule has 0 spiro atoms. The Morgan fingerprint density at radius 1 is 1.10 bits per heavy atom. The molecule has 4 heteroatoms. The number of aromatic nitrogens is 2. The Hall–Kier alpha value is -1.26. The smallest absolute Gasteiger partial charge is 0.134 e. The summed E-state index contributed by atoms with van der Waals surface area (Å²) in [6.45, 7) is 7.54. The van der Waals surface area contributed by atoms with Crippen molar-refractivity contribution in [3.05, 3.63) is 45.4 Å². The molecule has 1 unspecified atom stereocenters. The van der Waals surface area contributed by atoms with Crippen molar-refractivity contribution < 1.29 is 0 Å². The minimum Gasteiger partial charge on any atom is -0.308 e. The lowest BCUT2D eigenvalue weighted by Gasteiger charge is -2.12. The normalized spacial score (nSPS) is 12.5. The summed E-state index contributed by atoms with van der Waals surface area (Å²) in [5.41, 5.74) is 2.68. The summed E-state index contributed by atoms with van der Waals surface area (Å²) in [6, 6.07) is 9.10. The van der Waals surface area contributed by atoms with Gasteiger partial charge in [0.15, 0.2) is 0 Å². The molecule has 1 N–H and O–H groups in total. The molecule has 0 fully saturated rings. The molecule has 1 aromatic heterocycles. The fraction of sp³-hybridized carbons (Fsp3) is 0.529. The monoisotopic (exact) mass is 303 g/mol. The quantitative estimate of drug-likeness (QED) is 0.798. The highest BCUT2D eigenvalue weighted by molar-refractivity contribution is 7.11. The predicted octanol–water partition coefficient (Wildman–Crippen LogP) is 4.08. The van der Waals surface area contributed by atoms with Crippen molar-refractivity contribution in [3.8, 4) is 0 Å². The molecule has 0 aliphatic rings. The third kappa shape index (κ3) is 4.90. The van der Waals surface area contributed by atoms with Gasteiger partial charge in [-0.2, -0.15) is 0 Å². The van der Waals surface area contributed by atoms with Crippen molar-refractivity contribution in [1.29, 1.82) is 0 Å². The maximum absolute atomic E-state index is 4.37. The first-order chi connectivity index (χ1) is 10.2. The molecule has 114 valence electrons. The summed E-state index contributed by atoms with van der Waals surface area (Å²) in [6.07, 6.45) is 4.22. The Balaban J connectivity index is 1.91. The first kappa shape index (κ1) is 16.1. The summed E-state index contributed by atoms with van der Waals surface area (Å²) in [4.78, 5) is 0. The molecule has 1 heterocycles. The van der Waals surface area contributed by atoms with Crippen LogP contribution in [0.15, 0.2) is 24.3 Å². The van der Waals surface area contributed by atoms with Gasteiger partial charge >= 0.3 is 0 Å². The van der Waals surface area contributed by atoms with Crippen LogP contribution in [0.1, 0.15) is 53.9 Å². The van der Waals surface area contributed by atoms with E-state index in [-0.39, 0.29) is 0 Å². The van der Waals surface area contributed by atoms with Crippen molar-refractivity contribution in [2.24, 2.45) is 0 Å². The summed E-state index contributed by atoms with van der Waals surface area (Å²) < 4.78 is 0. The second kappa shape index (κ2) is 8.25. The number of hydrogen-bond donors (Lipinski definition) is 1. The standard InChI is InChI=1S/C17H25N3S/c1-4-12-18-15(5-2)17-20-19-16(21-17)11-10-14-8-6-13(3)7-9-14/h6-9,15,18H,4-5,10-12H2,1-3H3. The molecule has 21 heavy (non-hydrogen) atoms. The summed E-state index contributed by atoms with van der Waals surface area (Å²) in [7, 11) is 0. The van der Waals surface area contributed by atoms with Gasteiger partial charge in [-0.3, -0.25) is 0 Å². The van der Waals surface area contributed by atoms with Crippen LogP contribution in [0.3, 0.4) is 0 Å². The van der Waals surface area contributed by atoms with E-state index in [1.165, 1.54) is 11.1 Å². The topological polar surface area (TPSA) is 37.8 Å². The lowest BCUT2D eigenvalue weighted by molar-refractivity contribution is 0.512. The van der Waals surface area contributed by atoms with Gasteiger partial charge in [0.1, 0.15) is 10.0 Å². The fourth-order valence-electron chi connectivity index (χ4n) is 2.24. The predicted molar refractivity (Wildman–Crippen MR) is 89.8 cm³/mol. The zero-order valence-corrected chi connectivity index (χ0v) is 14.0. The minimum absolute atomic E-state index is 0.357. The largest absolute Gasteiger partial charge is 0.308 e. The fourth-order valence-corrected chi connectivity index (χ4v) is 3.24. The third-order valence-corrected chi connectivity index (χ3v) is 4.67. The molecule has 1 atom stereocenters. The van der Waals surface area contributed by atoms with E-state index in [0.29, 0.717) is 6.04 Å². The van der Waals surface area contributed by atoms with Gasteiger partial charge in [-0.05, 0) is 38.3 Å². The van der Waals surface area contributed by atoms with Crippen LogP contribution in [0.5, 0.6) is 0 Å². The molecule has 0 bridgehead atoms. The maximum atomic E-state index is 4.37. The molecular weight excluding hydrogens is 278 g/mol. The maximum Gasteiger partial charge on any atom is 0.134 e. The van der Waals surface area contributed by atoms with Crippen molar-refractivity contribution in [2.45, 2.75) is 52.5 Å². The summed E-state index contributed by atoms with van der Waals surface area (Å²) in [5.74, 6) is 0. The minimum atomic E-state index is 0.357. The van der Waals surface area contributed by atoms with Crippen LogP contribution >= 0.6 is 11.3 Å². The van der Waals surface area contributed by atoms with Crippen LogP contribution in [-0.2, 0) is 12.8 Å². The summed E-state index contributed by atoms with van der Waals surface area (Å²) >= 11 is 1.75. The van der Waals surface area contributed by atoms with E-state index in [1.807, 2.05) is 0 Å². The molecule has 3 nitrogen and oxygen atoms in total. The van der Waals surface area contributed by atoms with E-state index in [4.69, 9.17) is 0 Å². The Morgan fingerprint density at radius 3 is 2.52 bits per heavy atom. The van der Waals surface area contributed by atoms with Crippen LogP contribution in [0.25, 0.3) is 0 Å². The number of benzene rings is 1. The Labute approximate surface area is 131 Å². The van der Waals surface area contributed by atoms with Crippen LogP contribution in [0.2, 0.25) is 0 Å². The van der Waals surface area contributed by atoms with E-state index >= 15 is 0 Å². The van der Waals surface area contributed by atoms with Crippen molar-refractivity contribution >= 4 is 11.3 Å². The molecule has 1 aromatic carbocycles. The van der Waals surface area contributed by atoms with E-state index in [2.05, 4.69) is 60.6 Å². The Morgan fingerprint density at radius 2 is 1.86 bits per heavy atom. The number of aryl methyl sites for hydroxylation is 3. The second-order valence-corrected chi connectivity index (χ2v) is 6.53. The second-order valence-electron chi connectivity index (χ2n) is 5.43. The van der Waals surface area contributed by atoms with Crippen molar-refractivity contribution in [2.75, 3.05) is 6.54 Å². The lowest BCUT2D eigenvalue weighted by Crippen LogP contribution is -2.21. The molecule has 0 aliphatic carbocycles. The van der Waals surface area contributed by atoms with E-state index in [9.17, 15) is 0 Å². The number of hydrogen-bond acceptors (Lipinski definition) is 4. The first-order valence-electron chi connectivity index (χ1n) is 7.84. The van der Waals surface area contributed by atoms with Gasteiger partial charge in [0.2, 0.25) is 0 Å². The lowest BCUT2D eigenvalue weighted by atomic mass is 10.1. The van der Waals surface area contributed by atoms with Crippen LogP contribution in [0, 0.1) is 6.92 Å². The van der Waals surface area contributed by atoms with Crippen LogP contribution in [-0.4, -0.2) is 16.7 Å². The van der Waals surface area contributed by atoms with Gasteiger partial charge in [-0.25, -0.2) is 0 Å². The zero-order valence-electron chi connectivity index (χ0n) is 13.2. The number of nitrogens with zero attached hydrogens (tertiary/aromatic N) is 2. The Bertz CT molecular complexity index is 533. The van der Waals surface area contributed by atoms with Crippen LogP contribution in [0.4, 0.5) is 0 Å². The molecule has 0 saturated heterocycles. The molecule has 2 rings (SSSR count). The van der Waals surface area contributed by atoms with Crippen molar-refractivity contribution in [3.63, 3.8) is 0 Å². The first-order valence-corrected chi connectivity index (χ1v) is 8.65.